The highest BCUT2D eigenvalue weighted by atomic mass is 79.9. The Morgan fingerprint density at radius 2 is 2.15 bits per heavy atom. The van der Waals surface area contributed by atoms with Crippen LogP contribution in [0.5, 0.6) is 0 Å². The van der Waals surface area contributed by atoms with Crippen molar-refractivity contribution >= 4 is 21.9 Å². The van der Waals surface area contributed by atoms with Gasteiger partial charge >= 0.3 is 5.97 Å². The predicted molar refractivity (Wildman–Crippen MR) is 43.9 cm³/mol. The molecule has 0 aromatic carbocycles. The lowest BCUT2D eigenvalue weighted by Gasteiger charge is -2.01. The molecule has 1 N–H and O–H groups in total. The molecule has 0 saturated heterocycles. The van der Waals surface area contributed by atoms with Gasteiger partial charge in [-0.1, -0.05) is 0 Å². The molecule has 70 valence electrons. The molecule has 6 heteroatoms. The summed E-state index contributed by atoms with van der Waals surface area (Å²) < 4.78 is 24.3. The molecule has 0 fully saturated rings. The van der Waals surface area contributed by atoms with Crippen molar-refractivity contribution in [3.8, 4) is 0 Å². The molecule has 1 rings (SSSR count). The van der Waals surface area contributed by atoms with Crippen LogP contribution in [0.3, 0.4) is 0 Å². The highest BCUT2D eigenvalue weighted by molar-refractivity contribution is 9.10. The van der Waals surface area contributed by atoms with E-state index in [1.807, 2.05) is 0 Å². The minimum Gasteiger partial charge on any atom is -0.478 e. The van der Waals surface area contributed by atoms with Crippen molar-refractivity contribution in [2.75, 3.05) is 0 Å². The van der Waals surface area contributed by atoms with Gasteiger partial charge in [0.25, 0.3) is 6.43 Å². The van der Waals surface area contributed by atoms with Crippen molar-refractivity contribution in [3.05, 3.63) is 28.0 Å². The number of nitrogens with zero attached hydrogens (tertiary/aromatic N) is 1. The smallest absolute Gasteiger partial charge is 0.335 e. The summed E-state index contributed by atoms with van der Waals surface area (Å²) >= 11 is 2.84. The quantitative estimate of drug-likeness (QED) is 0.822. The molecule has 0 atom stereocenters. The van der Waals surface area contributed by atoms with Crippen LogP contribution >= 0.6 is 15.9 Å². The Morgan fingerprint density at radius 3 is 2.62 bits per heavy atom. The number of aromatic carboxylic acids is 1. The molecule has 0 saturated carbocycles. The van der Waals surface area contributed by atoms with Gasteiger partial charge in [0.15, 0.2) is 0 Å². The highest BCUT2D eigenvalue weighted by Gasteiger charge is 2.13. The summed E-state index contributed by atoms with van der Waals surface area (Å²) in [6, 6.07) is 2.01. The third kappa shape index (κ3) is 2.45. The molecule has 0 aliphatic carbocycles. The molecule has 1 heterocycles. The van der Waals surface area contributed by atoms with Crippen LogP contribution in [0, 0.1) is 0 Å². The number of pyridine rings is 1. The van der Waals surface area contributed by atoms with E-state index in [9.17, 15) is 13.6 Å². The molecule has 0 bridgehead atoms. The Bertz CT molecular complexity index is 343. The first-order chi connectivity index (χ1) is 6.00. The van der Waals surface area contributed by atoms with E-state index in [1.165, 1.54) is 0 Å². The van der Waals surface area contributed by atoms with Crippen molar-refractivity contribution in [3.63, 3.8) is 0 Å². The van der Waals surface area contributed by atoms with Gasteiger partial charge in [-0.3, -0.25) is 0 Å². The minimum atomic E-state index is -2.77. The van der Waals surface area contributed by atoms with Crippen LogP contribution in [0.4, 0.5) is 8.78 Å². The predicted octanol–water partition coefficient (Wildman–Crippen LogP) is 2.48. The van der Waals surface area contributed by atoms with E-state index in [2.05, 4.69) is 20.9 Å². The fourth-order valence-electron chi connectivity index (χ4n) is 0.752. The van der Waals surface area contributed by atoms with Crippen molar-refractivity contribution in [2.45, 2.75) is 6.43 Å². The Kier molecular flexibility index (Phi) is 2.92. The van der Waals surface area contributed by atoms with Gasteiger partial charge in [-0.05, 0) is 28.1 Å². The van der Waals surface area contributed by atoms with Gasteiger partial charge < -0.3 is 5.11 Å². The summed E-state index contributed by atoms with van der Waals surface area (Å²) in [5, 5.41) is 8.52. The number of aromatic nitrogens is 1. The van der Waals surface area contributed by atoms with Crippen LogP contribution in [0.15, 0.2) is 16.7 Å². The van der Waals surface area contributed by atoms with Gasteiger partial charge in [0.05, 0.1) is 5.56 Å². The van der Waals surface area contributed by atoms with Crippen molar-refractivity contribution in [1.29, 1.82) is 0 Å². The van der Waals surface area contributed by atoms with Crippen LogP contribution in [-0.2, 0) is 0 Å². The average Bonchev–Trinajstić information content (AvgIpc) is 2.03. The van der Waals surface area contributed by atoms with Crippen molar-refractivity contribution < 1.29 is 18.7 Å². The van der Waals surface area contributed by atoms with Crippen LogP contribution in [0.2, 0.25) is 0 Å². The molecule has 13 heavy (non-hydrogen) atoms. The molecule has 0 unspecified atom stereocenters. The average molecular weight is 252 g/mol. The number of halogens is 3. The Hall–Kier alpha value is -1.04. The van der Waals surface area contributed by atoms with Gasteiger partial charge in [0.1, 0.15) is 10.3 Å². The Morgan fingerprint density at radius 1 is 1.54 bits per heavy atom. The van der Waals surface area contributed by atoms with Gasteiger partial charge in [0, 0.05) is 0 Å². The fourth-order valence-corrected chi connectivity index (χ4v) is 1.20. The first-order valence-corrected chi connectivity index (χ1v) is 3.99. The monoisotopic (exact) mass is 251 g/mol. The fraction of sp³-hybridized carbons (Fsp3) is 0.143. The van der Waals surface area contributed by atoms with Crippen LogP contribution in [0.1, 0.15) is 22.5 Å². The maximum Gasteiger partial charge on any atom is 0.335 e. The summed E-state index contributed by atoms with van der Waals surface area (Å²) in [5.41, 5.74) is -0.760. The van der Waals surface area contributed by atoms with Gasteiger partial charge in [-0.15, -0.1) is 0 Å². The van der Waals surface area contributed by atoms with E-state index in [1.54, 1.807) is 0 Å². The number of carboxylic acids is 1. The Labute approximate surface area is 80.5 Å². The van der Waals surface area contributed by atoms with Crippen LogP contribution in [-0.4, -0.2) is 16.1 Å². The molecule has 3 nitrogen and oxygen atoms in total. The molecule has 1 aromatic heterocycles. The minimum absolute atomic E-state index is 0.0858. The molecule has 0 amide bonds. The van der Waals surface area contributed by atoms with Crippen LogP contribution in [0.25, 0.3) is 0 Å². The number of carboxylic acid groups (broad SMARTS) is 1. The molecule has 0 spiro atoms. The summed E-state index contributed by atoms with van der Waals surface area (Å²) in [5.74, 6) is -1.26. The second-order valence-electron chi connectivity index (χ2n) is 2.21. The summed E-state index contributed by atoms with van der Waals surface area (Å²) in [6.45, 7) is 0. The summed E-state index contributed by atoms with van der Waals surface area (Å²) in [7, 11) is 0. The second-order valence-corrected chi connectivity index (χ2v) is 3.02. The standard InChI is InChI=1S/C7H4BrF2NO2/c8-5-2-3(7(12)13)1-4(11-5)6(9)10/h1-2,6H,(H,12,13). The molecule has 0 radical (unpaired) electrons. The number of carbonyl (C=O) groups is 1. The summed E-state index contributed by atoms with van der Waals surface area (Å²) in [6.07, 6.45) is -2.77. The normalized spacial score (nSPS) is 10.5. The molecular weight excluding hydrogens is 248 g/mol. The molecular formula is C7H4BrF2NO2. The first kappa shape index (κ1) is 10.0. The highest BCUT2D eigenvalue weighted by Crippen LogP contribution is 2.20. The second kappa shape index (κ2) is 3.78. The zero-order chi connectivity index (χ0) is 10.0. The lowest BCUT2D eigenvalue weighted by atomic mass is 10.2. The van der Waals surface area contributed by atoms with Crippen molar-refractivity contribution in [1.82, 2.24) is 4.98 Å². The largest absolute Gasteiger partial charge is 0.478 e. The topological polar surface area (TPSA) is 50.2 Å². The third-order valence-corrected chi connectivity index (χ3v) is 1.69. The maximum absolute atomic E-state index is 12.1. The number of hydrogen-bond acceptors (Lipinski definition) is 2. The third-order valence-electron chi connectivity index (χ3n) is 1.28. The molecule has 0 aliphatic heterocycles. The van der Waals surface area contributed by atoms with E-state index in [0.29, 0.717) is 0 Å². The SMILES string of the molecule is O=C(O)c1cc(Br)nc(C(F)F)c1. The molecule has 0 aliphatic rings. The first-order valence-electron chi connectivity index (χ1n) is 3.19. The van der Waals surface area contributed by atoms with Crippen molar-refractivity contribution in [2.24, 2.45) is 0 Å². The zero-order valence-corrected chi connectivity index (χ0v) is 7.75. The van der Waals surface area contributed by atoms with E-state index >= 15 is 0 Å². The van der Waals surface area contributed by atoms with Gasteiger partial charge in [-0.2, -0.15) is 0 Å². The number of rotatable bonds is 2. The number of alkyl halides is 2. The molecule has 1 aromatic rings. The van der Waals surface area contributed by atoms with Gasteiger partial charge in [0.2, 0.25) is 0 Å². The lowest BCUT2D eigenvalue weighted by molar-refractivity contribution is 0.0696. The lowest BCUT2D eigenvalue weighted by Crippen LogP contribution is -2.00. The summed E-state index contributed by atoms with van der Waals surface area (Å²) in [4.78, 5) is 13.9. The van der Waals surface area contributed by atoms with Crippen LogP contribution < -0.4 is 0 Å². The van der Waals surface area contributed by atoms with E-state index in [0.717, 1.165) is 12.1 Å². The Balaban J connectivity index is 3.19. The zero-order valence-electron chi connectivity index (χ0n) is 6.17. The van der Waals surface area contributed by atoms with E-state index < -0.39 is 18.1 Å². The van der Waals surface area contributed by atoms with Gasteiger partial charge in [-0.25, -0.2) is 18.6 Å². The maximum atomic E-state index is 12.1. The number of hydrogen-bond donors (Lipinski definition) is 1. The van der Waals surface area contributed by atoms with E-state index in [4.69, 9.17) is 5.11 Å². The van der Waals surface area contributed by atoms with E-state index in [-0.39, 0.29) is 10.2 Å².